The Labute approximate surface area is 94.2 Å². The van der Waals surface area contributed by atoms with Crippen LogP contribution < -0.4 is 20.7 Å². The van der Waals surface area contributed by atoms with E-state index in [4.69, 9.17) is 10.5 Å². The van der Waals surface area contributed by atoms with E-state index in [0.29, 0.717) is 13.1 Å². The van der Waals surface area contributed by atoms with E-state index in [1.54, 1.807) is 12.0 Å². The lowest BCUT2D eigenvalue weighted by molar-refractivity contribution is 0.251. The van der Waals surface area contributed by atoms with Crippen LogP contribution in [0.4, 0.5) is 10.5 Å². The predicted octanol–water partition coefficient (Wildman–Crippen LogP) is 0.552. The molecule has 0 bridgehead atoms. The number of rotatable bonds is 3. The molecule has 2 rings (SSSR count). The second-order valence-electron chi connectivity index (χ2n) is 3.69. The number of hydrogen-bond acceptors (Lipinski definition) is 3. The van der Waals surface area contributed by atoms with Gasteiger partial charge >= 0.3 is 6.03 Å². The Hall–Kier alpha value is -1.75. The predicted molar refractivity (Wildman–Crippen MR) is 61.7 cm³/mol. The summed E-state index contributed by atoms with van der Waals surface area (Å²) in [5.74, 6) is 0.777. The highest BCUT2D eigenvalue weighted by atomic mass is 16.5. The van der Waals surface area contributed by atoms with E-state index in [1.807, 2.05) is 24.3 Å². The van der Waals surface area contributed by atoms with Gasteiger partial charge in [0.15, 0.2) is 0 Å². The van der Waals surface area contributed by atoms with Gasteiger partial charge in [0.05, 0.1) is 13.2 Å². The summed E-state index contributed by atoms with van der Waals surface area (Å²) >= 11 is 0. The minimum absolute atomic E-state index is 0.0367. The summed E-state index contributed by atoms with van der Waals surface area (Å²) in [6.07, 6.45) is 0. The van der Waals surface area contributed by atoms with Gasteiger partial charge in [0, 0.05) is 18.8 Å². The van der Waals surface area contributed by atoms with E-state index in [0.717, 1.165) is 11.4 Å². The maximum Gasteiger partial charge on any atom is 0.322 e. The van der Waals surface area contributed by atoms with Gasteiger partial charge in [-0.3, -0.25) is 4.90 Å². The third-order valence-corrected chi connectivity index (χ3v) is 2.64. The maximum absolute atomic E-state index is 11.6. The summed E-state index contributed by atoms with van der Waals surface area (Å²) < 4.78 is 5.06. The number of carbonyl (C=O) groups excluding carboxylic acids is 1. The highest BCUT2D eigenvalue weighted by molar-refractivity contribution is 5.94. The molecule has 1 aromatic carbocycles. The van der Waals surface area contributed by atoms with Crippen LogP contribution in [0.2, 0.25) is 0 Å². The molecule has 0 spiro atoms. The summed E-state index contributed by atoms with van der Waals surface area (Å²) in [6, 6.07) is 7.32. The quantitative estimate of drug-likeness (QED) is 0.783. The number of hydrogen-bond donors (Lipinski definition) is 2. The molecule has 0 aromatic heterocycles. The van der Waals surface area contributed by atoms with Crippen LogP contribution in [-0.2, 0) is 0 Å². The van der Waals surface area contributed by atoms with E-state index in [2.05, 4.69) is 5.32 Å². The standard InChI is InChI=1S/C11H15N3O2/c1-16-10-4-2-9(3-5-10)14-7-8(6-12)13-11(14)15/h2-5,8H,6-7,12H2,1H3,(H,13,15). The van der Waals surface area contributed by atoms with Gasteiger partial charge in [0.25, 0.3) is 0 Å². The molecule has 1 atom stereocenters. The largest absolute Gasteiger partial charge is 0.497 e. The van der Waals surface area contributed by atoms with Crippen LogP contribution in [0.1, 0.15) is 0 Å². The van der Waals surface area contributed by atoms with Crippen LogP contribution in [0.15, 0.2) is 24.3 Å². The fourth-order valence-electron chi connectivity index (χ4n) is 1.72. The SMILES string of the molecule is COc1ccc(N2CC(CN)NC2=O)cc1. The molecule has 1 saturated heterocycles. The van der Waals surface area contributed by atoms with Crippen LogP contribution in [0.5, 0.6) is 5.75 Å². The zero-order chi connectivity index (χ0) is 11.5. The van der Waals surface area contributed by atoms with E-state index in [9.17, 15) is 4.79 Å². The average Bonchev–Trinajstić information content (AvgIpc) is 2.71. The number of nitrogens with zero attached hydrogens (tertiary/aromatic N) is 1. The van der Waals surface area contributed by atoms with Crippen LogP contribution in [-0.4, -0.2) is 32.3 Å². The van der Waals surface area contributed by atoms with Gasteiger partial charge in [-0.2, -0.15) is 0 Å². The maximum atomic E-state index is 11.6. The highest BCUT2D eigenvalue weighted by Crippen LogP contribution is 2.21. The Bertz CT molecular complexity index is 377. The molecule has 1 aliphatic rings. The van der Waals surface area contributed by atoms with Crippen molar-refractivity contribution in [2.75, 3.05) is 25.1 Å². The van der Waals surface area contributed by atoms with Gasteiger partial charge in [-0.05, 0) is 24.3 Å². The van der Waals surface area contributed by atoms with Crippen molar-refractivity contribution in [2.24, 2.45) is 5.73 Å². The summed E-state index contributed by atoms with van der Waals surface area (Å²) in [5.41, 5.74) is 6.38. The first-order valence-electron chi connectivity index (χ1n) is 5.16. The molecule has 3 N–H and O–H groups in total. The number of benzene rings is 1. The summed E-state index contributed by atoms with van der Waals surface area (Å²) in [7, 11) is 1.61. The molecular formula is C11H15N3O2. The van der Waals surface area contributed by atoms with Crippen LogP contribution in [0, 0.1) is 0 Å². The fraction of sp³-hybridized carbons (Fsp3) is 0.364. The topological polar surface area (TPSA) is 67.6 Å². The minimum Gasteiger partial charge on any atom is -0.497 e. The molecule has 16 heavy (non-hydrogen) atoms. The second kappa shape index (κ2) is 4.40. The molecule has 86 valence electrons. The van der Waals surface area contributed by atoms with Gasteiger partial charge in [0.2, 0.25) is 0 Å². The number of nitrogens with two attached hydrogens (primary N) is 1. The van der Waals surface area contributed by atoms with Crippen molar-refractivity contribution in [1.82, 2.24) is 5.32 Å². The van der Waals surface area contributed by atoms with Crippen molar-refractivity contribution < 1.29 is 9.53 Å². The number of anilines is 1. The monoisotopic (exact) mass is 221 g/mol. The molecule has 2 amide bonds. The van der Waals surface area contributed by atoms with E-state index in [-0.39, 0.29) is 12.1 Å². The molecule has 0 aliphatic carbocycles. The van der Waals surface area contributed by atoms with Crippen molar-refractivity contribution in [3.63, 3.8) is 0 Å². The lowest BCUT2D eigenvalue weighted by Crippen LogP contribution is -2.33. The number of methoxy groups -OCH3 is 1. The van der Waals surface area contributed by atoms with Crippen molar-refractivity contribution in [3.05, 3.63) is 24.3 Å². The first kappa shape index (κ1) is 10.8. The van der Waals surface area contributed by atoms with E-state index >= 15 is 0 Å². The number of nitrogens with one attached hydrogen (secondary N) is 1. The number of ether oxygens (including phenoxy) is 1. The third kappa shape index (κ3) is 1.94. The normalized spacial score (nSPS) is 19.8. The molecule has 1 unspecified atom stereocenters. The molecule has 1 fully saturated rings. The van der Waals surface area contributed by atoms with Crippen molar-refractivity contribution >= 4 is 11.7 Å². The Morgan fingerprint density at radius 2 is 2.19 bits per heavy atom. The summed E-state index contributed by atoms with van der Waals surface area (Å²) in [4.78, 5) is 13.3. The van der Waals surface area contributed by atoms with E-state index in [1.165, 1.54) is 0 Å². The zero-order valence-electron chi connectivity index (χ0n) is 9.14. The lowest BCUT2D eigenvalue weighted by Gasteiger charge is -2.14. The minimum atomic E-state index is -0.0967. The van der Waals surface area contributed by atoms with Gasteiger partial charge in [-0.15, -0.1) is 0 Å². The van der Waals surface area contributed by atoms with E-state index < -0.39 is 0 Å². The van der Waals surface area contributed by atoms with Crippen molar-refractivity contribution in [1.29, 1.82) is 0 Å². The lowest BCUT2D eigenvalue weighted by atomic mass is 10.2. The van der Waals surface area contributed by atoms with Crippen LogP contribution >= 0.6 is 0 Å². The Morgan fingerprint density at radius 3 is 2.69 bits per heavy atom. The molecule has 5 heteroatoms. The van der Waals surface area contributed by atoms with Crippen LogP contribution in [0.3, 0.4) is 0 Å². The molecular weight excluding hydrogens is 206 g/mol. The summed E-state index contributed by atoms with van der Waals surface area (Å²) in [6.45, 7) is 1.07. The third-order valence-electron chi connectivity index (χ3n) is 2.64. The highest BCUT2D eigenvalue weighted by Gasteiger charge is 2.28. The van der Waals surface area contributed by atoms with Crippen LogP contribution in [0.25, 0.3) is 0 Å². The first-order chi connectivity index (χ1) is 7.74. The van der Waals surface area contributed by atoms with Gasteiger partial charge in [-0.25, -0.2) is 4.79 Å². The molecule has 1 aromatic rings. The van der Waals surface area contributed by atoms with Gasteiger partial charge in [0.1, 0.15) is 5.75 Å². The molecule has 1 heterocycles. The zero-order valence-corrected chi connectivity index (χ0v) is 9.14. The second-order valence-corrected chi connectivity index (χ2v) is 3.69. The Kier molecular flexibility index (Phi) is 2.96. The molecule has 1 aliphatic heterocycles. The van der Waals surface area contributed by atoms with Gasteiger partial charge < -0.3 is 15.8 Å². The number of carbonyl (C=O) groups is 1. The van der Waals surface area contributed by atoms with Crippen molar-refractivity contribution in [2.45, 2.75) is 6.04 Å². The first-order valence-corrected chi connectivity index (χ1v) is 5.16. The van der Waals surface area contributed by atoms with Gasteiger partial charge in [-0.1, -0.05) is 0 Å². The molecule has 0 saturated carbocycles. The number of urea groups is 1. The summed E-state index contributed by atoms with van der Waals surface area (Å²) in [5, 5.41) is 2.81. The Morgan fingerprint density at radius 1 is 1.50 bits per heavy atom. The smallest absolute Gasteiger partial charge is 0.322 e. The number of amides is 2. The Balaban J connectivity index is 2.15. The fourth-order valence-corrected chi connectivity index (χ4v) is 1.72. The molecule has 5 nitrogen and oxygen atoms in total. The van der Waals surface area contributed by atoms with Crippen molar-refractivity contribution in [3.8, 4) is 5.75 Å². The molecule has 0 radical (unpaired) electrons. The average molecular weight is 221 g/mol.